The van der Waals surface area contributed by atoms with Crippen molar-refractivity contribution in [2.24, 2.45) is 15.9 Å². The molecule has 6 aromatic rings. The Morgan fingerprint density at radius 1 is 0.765 bits per heavy atom. The summed E-state index contributed by atoms with van der Waals surface area (Å²) in [5.41, 5.74) is 15.8. The van der Waals surface area contributed by atoms with Gasteiger partial charge in [-0.15, -0.1) is 0 Å². The molecule has 3 heteroatoms. The Labute approximate surface area is 301 Å². The first-order valence-corrected chi connectivity index (χ1v) is 18.2. The van der Waals surface area contributed by atoms with E-state index in [2.05, 4.69) is 157 Å². The van der Waals surface area contributed by atoms with E-state index >= 15 is 0 Å². The molecule has 1 aromatic heterocycles. The molecular formula is C48H44N2O. The molecule has 0 amide bonds. The van der Waals surface area contributed by atoms with Crippen molar-refractivity contribution in [3.63, 3.8) is 0 Å². The number of amidine groups is 1. The molecule has 51 heavy (non-hydrogen) atoms. The maximum atomic E-state index is 6.53. The van der Waals surface area contributed by atoms with Crippen LogP contribution in [0, 0.1) is 5.92 Å². The highest BCUT2D eigenvalue weighted by atomic mass is 16.3. The van der Waals surface area contributed by atoms with E-state index in [0.29, 0.717) is 11.8 Å². The maximum Gasteiger partial charge on any atom is 0.160 e. The van der Waals surface area contributed by atoms with E-state index in [1.807, 2.05) is 12.1 Å². The number of nitrogens with zero attached hydrogens (tertiary/aromatic N) is 2. The average Bonchev–Trinajstić information content (AvgIpc) is 3.64. The number of hydrogen-bond acceptors (Lipinski definition) is 2. The van der Waals surface area contributed by atoms with Gasteiger partial charge >= 0.3 is 0 Å². The van der Waals surface area contributed by atoms with E-state index in [1.165, 1.54) is 39.0 Å². The molecule has 252 valence electrons. The molecule has 1 unspecified atom stereocenters. The van der Waals surface area contributed by atoms with Gasteiger partial charge in [-0.2, -0.15) is 0 Å². The Morgan fingerprint density at radius 3 is 2.22 bits per heavy atom. The molecule has 0 spiro atoms. The number of furan rings is 1. The van der Waals surface area contributed by atoms with Crippen molar-refractivity contribution in [2.75, 3.05) is 0 Å². The average molecular weight is 665 g/mol. The van der Waals surface area contributed by atoms with Gasteiger partial charge in [-0.25, -0.2) is 9.98 Å². The number of fused-ring (bicyclic) bond motifs is 6. The molecule has 8 rings (SSSR count). The van der Waals surface area contributed by atoms with Crippen molar-refractivity contribution in [3.05, 3.63) is 166 Å². The molecule has 0 radical (unpaired) electrons. The minimum Gasteiger partial charge on any atom is -0.456 e. The van der Waals surface area contributed by atoms with E-state index in [-0.39, 0.29) is 5.41 Å². The van der Waals surface area contributed by atoms with Gasteiger partial charge in [0, 0.05) is 33.0 Å². The first kappa shape index (κ1) is 32.7. The summed E-state index contributed by atoms with van der Waals surface area (Å²) in [5.74, 6) is 1.24. The highest BCUT2D eigenvalue weighted by Gasteiger charge is 2.39. The summed E-state index contributed by atoms with van der Waals surface area (Å²) < 4.78 is 6.53. The fraction of sp³-hybridized carbons (Fsp3) is 0.208. The minimum absolute atomic E-state index is 0.0357. The molecule has 3 nitrogen and oxygen atoms in total. The smallest absolute Gasteiger partial charge is 0.160 e. The summed E-state index contributed by atoms with van der Waals surface area (Å²) in [7, 11) is 0. The van der Waals surface area contributed by atoms with Crippen LogP contribution in [0.25, 0.3) is 44.3 Å². The van der Waals surface area contributed by atoms with Crippen molar-refractivity contribution in [1.82, 2.24) is 0 Å². The quantitative estimate of drug-likeness (QED) is 0.129. The zero-order valence-electron chi connectivity index (χ0n) is 30.4. The standard InChI is InChI=1S/C48H44N2O/c1-7-31(3)46(34-17-12-9-13-18-34)50-47(49-32(4)33-15-10-8-11-16-33)39-19-14-20-44-45(39)40-28-35(23-26-43(40)51-44)36-22-25-38-37-24-21-30(2)27-41(37)48(5,6)42(38)29-36/h8-20,22-30H,7,21H2,1-6H3/b46-31-,49-32?,50-47?. The predicted molar refractivity (Wildman–Crippen MR) is 217 cm³/mol. The van der Waals surface area contributed by atoms with E-state index in [0.717, 1.165) is 62.9 Å². The molecule has 2 aliphatic carbocycles. The van der Waals surface area contributed by atoms with E-state index in [1.54, 1.807) is 0 Å². The van der Waals surface area contributed by atoms with E-state index in [4.69, 9.17) is 14.4 Å². The molecule has 0 aliphatic heterocycles. The van der Waals surface area contributed by atoms with Gasteiger partial charge in [0.2, 0.25) is 0 Å². The lowest BCUT2D eigenvalue weighted by Crippen LogP contribution is -2.17. The van der Waals surface area contributed by atoms with Crippen LogP contribution in [-0.4, -0.2) is 11.5 Å². The monoisotopic (exact) mass is 664 g/mol. The second-order valence-electron chi connectivity index (χ2n) is 14.6. The Morgan fingerprint density at radius 2 is 1.47 bits per heavy atom. The molecule has 1 atom stereocenters. The van der Waals surface area contributed by atoms with Crippen molar-refractivity contribution < 1.29 is 4.42 Å². The fourth-order valence-corrected chi connectivity index (χ4v) is 7.79. The van der Waals surface area contributed by atoms with Crippen molar-refractivity contribution >= 4 is 44.8 Å². The SMILES string of the molecule is CC/C(C)=C(\N=C(N=C(C)c1ccccc1)c1cccc2oc3ccc(-c4ccc5c(c4)C(C)(C)C4=CC(C)CC=C45)cc3c12)c1ccccc1. The first-order chi connectivity index (χ1) is 24.7. The van der Waals surface area contributed by atoms with Crippen LogP contribution in [0.15, 0.2) is 153 Å². The van der Waals surface area contributed by atoms with Crippen LogP contribution in [0.5, 0.6) is 0 Å². The van der Waals surface area contributed by atoms with Gasteiger partial charge < -0.3 is 4.42 Å². The van der Waals surface area contributed by atoms with Crippen LogP contribution in [0.4, 0.5) is 0 Å². The van der Waals surface area contributed by atoms with Gasteiger partial charge in [-0.3, -0.25) is 0 Å². The van der Waals surface area contributed by atoms with Crippen LogP contribution in [0.1, 0.15) is 82.2 Å². The molecule has 5 aromatic carbocycles. The molecule has 1 heterocycles. The van der Waals surface area contributed by atoms with E-state index in [9.17, 15) is 0 Å². The van der Waals surface area contributed by atoms with Gasteiger partial charge in [0.1, 0.15) is 11.2 Å². The van der Waals surface area contributed by atoms with Gasteiger partial charge in [0.15, 0.2) is 5.84 Å². The summed E-state index contributed by atoms with van der Waals surface area (Å²) in [6.45, 7) is 13.5. The first-order valence-electron chi connectivity index (χ1n) is 18.2. The maximum absolute atomic E-state index is 6.53. The Balaban J connectivity index is 1.32. The third-order valence-electron chi connectivity index (χ3n) is 10.8. The number of aliphatic imine (C=N–C) groups is 2. The zero-order chi connectivity index (χ0) is 35.3. The van der Waals surface area contributed by atoms with Gasteiger partial charge in [-0.1, -0.05) is 131 Å². The van der Waals surface area contributed by atoms with Crippen LogP contribution >= 0.6 is 0 Å². The second kappa shape index (κ2) is 13.0. The lowest BCUT2D eigenvalue weighted by molar-refractivity contribution is 0.633. The molecule has 0 N–H and O–H groups in total. The lowest BCUT2D eigenvalue weighted by Gasteiger charge is -2.25. The van der Waals surface area contributed by atoms with Gasteiger partial charge in [0.25, 0.3) is 0 Å². The summed E-state index contributed by atoms with van der Waals surface area (Å²) in [6.07, 6.45) is 6.92. The third kappa shape index (κ3) is 5.81. The van der Waals surface area contributed by atoms with Crippen molar-refractivity contribution in [1.29, 1.82) is 0 Å². The van der Waals surface area contributed by atoms with Crippen LogP contribution in [-0.2, 0) is 5.41 Å². The summed E-state index contributed by atoms with van der Waals surface area (Å²) >= 11 is 0. The number of rotatable bonds is 6. The van der Waals surface area contributed by atoms with Gasteiger partial charge in [-0.05, 0) is 101 Å². The Hall–Kier alpha value is -5.54. The summed E-state index contributed by atoms with van der Waals surface area (Å²) in [5, 5.41) is 2.08. The minimum atomic E-state index is -0.0357. The summed E-state index contributed by atoms with van der Waals surface area (Å²) in [6, 6.07) is 40.6. The van der Waals surface area contributed by atoms with Crippen LogP contribution in [0.3, 0.4) is 0 Å². The van der Waals surface area contributed by atoms with Gasteiger partial charge in [0.05, 0.1) is 5.70 Å². The number of benzene rings is 5. The highest BCUT2D eigenvalue weighted by Crippen LogP contribution is 2.52. The highest BCUT2D eigenvalue weighted by molar-refractivity contribution is 6.22. The normalized spacial score (nSPS) is 17.6. The molecule has 2 aliphatic rings. The molecular weight excluding hydrogens is 621 g/mol. The second-order valence-corrected chi connectivity index (χ2v) is 14.6. The topological polar surface area (TPSA) is 37.9 Å². The Bertz CT molecular complexity index is 2470. The van der Waals surface area contributed by atoms with Crippen LogP contribution < -0.4 is 0 Å². The van der Waals surface area contributed by atoms with E-state index < -0.39 is 0 Å². The molecule has 0 saturated heterocycles. The van der Waals surface area contributed by atoms with Crippen molar-refractivity contribution in [3.8, 4) is 11.1 Å². The number of allylic oxidation sites excluding steroid dienone is 5. The Kier molecular flexibility index (Phi) is 8.30. The lowest BCUT2D eigenvalue weighted by atomic mass is 9.78. The molecule has 0 bridgehead atoms. The number of hydrogen-bond donors (Lipinski definition) is 0. The fourth-order valence-electron chi connectivity index (χ4n) is 7.79. The van der Waals surface area contributed by atoms with Crippen molar-refractivity contribution in [2.45, 2.75) is 59.8 Å². The largest absolute Gasteiger partial charge is 0.456 e. The molecule has 0 saturated carbocycles. The third-order valence-corrected chi connectivity index (χ3v) is 10.8. The predicted octanol–water partition coefficient (Wildman–Crippen LogP) is 13.0. The van der Waals surface area contributed by atoms with Crippen LogP contribution in [0.2, 0.25) is 0 Å². The summed E-state index contributed by atoms with van der Waals surface area (Å²) in [4.78, 5) is 10.7. The zero-order valence-corrected chi connectivity index (χ0v) is 30.4. The molecule has 0 fully saturated rings.